The molecule has 5 rings (SSSR count). The molecule has 43 heavy (non-hydrogen) atoms. The van der Waals surface area contributed by atoms with E-state index >= 15 is 0 Å². The van der Waals surface area contributed by atoms with Gasteiger partial charge in [-0.2, -0.15) is 0 Å². The summed E-state index contributed by atoms with van der Waals surface area (Å²) in [7, 11) is 8.32. The van der Waals surface area contributed by atoms with Gasteiger partial charge in [0, 0.05) is 60.2 Å². The number of nitrogens with zero attached hydrogens (tertiary/aromatic N) is 4. The maximum atomic E-state index is 14.1. The second-order valence-electron chi connectivity index (χ2n) is 10.4. The van der Waals surface area contributed by atoms with E-state index in [-0.39, 0.29) is 23.6 Å². The molecule has 1 aliphatic heterocycles. The maximum Gasteiger partial charge on any atom is 0.259 e. The average Bonchev–Trinajstić information content (AvgIpc) is 3.49. The fraction of sp³-hybridized carbons (Fsp3) is 0.419. The van der Waals surface area contributed by atoms with Crippen LogP contribution in [0.4, 0.5) is 0 Å². The molecule has 2 aromatic heterocycles. The number of methoxy groups -OCH3 is 2. The second-order valence-corrected chi connectivity index (χ2v) is 13.2. The van der Waals surface area contributed by atoms with Gasteiger partial charge >= 0.3 is 0 Å². The van der Waals surface area contributed by atoms with E-state index in [0.717, 1.165) is 23.6 Å². The molecule has 228 valence electrons. The summed E-state index contributed by atoms with van der Waals surface area (Å²) < 4.78 is 24.0. The first kappa shape index (κ1) is 30.8. The van der Waals surface area contributed by atoms with Crippen molar-refractivity contribution < 1.29 is 23.7 Å². The van der Waals surface area contributed by atoms with E-state index in [1.165, 1.54) is 7.11 Å². The van der Waals surface area contributed by atoms with Crippen molar-refractivity contribution in [3.63, 3.8) is 0 Å². The summed E-state index contributed by atoms with van der Waals surface area (Å²) in [5, 5.41) is 3.17. The standard InChI is InChI=1S/C31H36N4O6S2/c1-7-28(32-3)43-42-18(2)8-9-29(36)34(4)10-11-35-30-21-14-26-27(41-17-40-26)15-23(21)33-16-22(30)19-12-24(38-5)25(39-6)13-20(19)31(35)37/h12-16,18,28H,3,7-11,17H2,1-2,4-6H3. The van der Waals surface area contributed by atoms with E-state index in [2.05, 4.69) is 25.6 Å². The lowest BCUT2D eigenvalue weighted by atomic mass is 10.0. The van der Waals surface area contributed by atoms with Gasteiger partial charge in [0.05, 0.1) is 30.6 Å². The Bertz CT molecular complexity index is 1740. The minimum atomic E-state index is -0.196. The molecule has 1 amide bonds. The van der Waals surface area contributed by atoms with Crippen molar-refractivity contribution in [3.05, 3.63) is 40.8 Å². The van der Waals surface area contributed by atoms with Gasteiger partial charge in [0.2, 0.25) is 12.7 Å². The molecule has 0 bridgehead atoms. The number of likely N-dealkylation sites (N-methyl/N-ethyl adjacent to an activating group) is 1. The van der Waals surface area contributed by atoms with Gasteiger partial charge in [0.1, 0.15) is 5.37 Å². The number of fused-ring (bicyclic) bond motifs is 6. The van der Waals surface area contributed by atoms with Gasteiger partial charge in [0.15, 0.2) is 23.0 Å². The molecule has 2 aromatic carbocycles. The van der Waals surface area contributed by atoms with E-state index in [9.17, 15) is 9.59 Å². The molecular weight excluding hydrogens is 588 g/mol. The van der Waals surface area contributed by atoms with E-state index < -0.39 is 0 Å². The van der Waals surface area contributed by atoms with Crippen LogP contribution in [0.3, 0.4) is 0 Å². The molecule has 0 fully saturated rings. The highest BCUT2D eigenvalue weighted by Crippen LogP contribution is 2.40. The number of benzene rings is 2. The molecule has 0 saturated heterocycles. The van der Waals surface area contributed by atoms with Crippen LogP contribution in [-0.2, 0) is 11.3 Å². The lowest BCUT2D eigenvalue weighted by molar-refractivity contribution is -0.130. The molecule has 1 aliphatic rings. The van der Waals surface area contributed by atoms with Gasteiger partial charge in [-0.15, -0.1) is 0 Å². The van der Waals surface area contributed by atoms with Gasteiger partial charge in [-0.05, 0) is 37.8 Å². The Morgan fingerprint density at radius 2 is 1.79 bits per heavy atom. The fourth-order valence-corrected chi connectivity index (χ4v) is 7.68. The van der Waals surface area contributed by atoms with Gasteiger partial charge in [0.25, 0.3) is 5.56 Å². The number of ether oxygens (including phenoxy) is 4. The van der Waals surface area contributed by atoms with Crippen LogP contribution < -0.4 is 24.5 Å². The van der Waals surface area contributed by atoms with Crippen molar-refractivity contribution >= 4 is 66.8 Å². The third-order valence-corrected chi connectivity index (χ3v) is 11.0. The highest BCUT2D eigenvalue weighted by molar-refractivity contribution is 8.77. The van der Waals surface area contributed by atoms with Gasteiger partial charge in [-0.25, -0.2) is 0 Å². The Balaban J connectivity index is 1.48. The van der Waals surface area contributed by atoms with Gasteiger partial charge in [-0.1, -0.05) is 35.4 Å². The number of aromatic nitrogens is 2. The summed E-state index contributed by atoms with van der Waals surface area (Å²) in [4.78, 5) is 37.7. The lowest BCUT2D eigenvalue weighted by Gasteiger charge is -2.21. The van der Waals surface area contributed by atoms with Crippen LogP contribution in [0.25, 0.3) is 32.6 Å². The number of carbonyl (C=O) groups is 1. The van der Waals surface area contributed by atoms with Gasteiger partial charge in [-0.3, -0.25) is 19.6 Å². The molecule has 12 heteroatoms. The number of amides is 1. The Kier molecular flexibility index (Phi) is 9.55. The molecule has 2 atom stereocenters. The van der Waals surface area contributed by atoms with Crippen LogP contribution >= 0.6 is 21.6 Å². The predicted molar refractivity (Wildman–Crippen MR) is 175 cm³/mol. The lowest BCUT2D eigenvalue weighted by Crippen LogP contribution is -2.33. The van der Waals surface area contributed by atoms with Crippen LogP contribution in [0.5, 0.6) is 23.0 Å². The first-order valence-corrected chi connectivity index (χ1v) is 16.4. The molecule has 0 aliphatic carbocycles. The Labute approximate surface area is 258 Å². The number of carbonyl (C=O) groups excluding carboxylic acids is 1. The molecular formula is C31H36N4O6S2. The number of rotatable bonds is 13. The van der Waals surface area contributed by atoms with Crippen molar-refractivity contribution in [2.24, 2.45) is 4.99 Å². The average molecular weight is 625 g/mol. The quantitative estimate of drug-likeness (QED) is 0.102. The molecule has 0 spiro atoms. The topological polar surface area (TPSA) is 104 Å². The smallest absolute Gasteiger partial charge is 0.259 e. The third kappa shape index (κ3) is 6.21. The second kappa shape index (κ2) is 13.3. The molecule has 2 unspecified atom stereocenters. The van der Waals surface area contributed by atoms with Crippen LogP contribution in [0.1, 0.15) is 33.1 Å². The fourth-order valence-electron chi connectivity index (χ4n) is 5.12. The SMILES string of the molecule is C=NC(CC)SSC(C)CCC(=O)N(C)CCn1c(=O)c2cc(OC)c(OC)cc2c2cnc3cc4c(cc3c21)OCO4. The highest BCUT2D eigenvalue weighted by Gasteiger charge is 2.22. The minimum absolute atomic E-state index is 0.0331. The summed E-state index contributed by atoms with van der Waals surface area (Å²) in [6.45, 7) is 8.63. The highest BCUT2D eigenvalue weighted by atomic mass is 33.1. The van der Waals surface area contributed by atoms with E-state index in [4.69, 9.17) is 23.9 Å². The third-order valence-electron chi connectivity index (χ3n) is 7.63. The first-order chi connectivity index (χ1) is 20.8. The zero-order valence-corrected chi connectivity index (χ0v) is 26.7. The van der Waals surface area contributed by atoms with Crippen molar-refractivity contribution in [2.45, 2.75) is 50.3 Å². The summed E-state index contributed by atoms with van der Waals surface area (Å²) in [5.74, 6) is 2.22. The monoisotopic (exact) mass is 624 g/mol. The largest absolute Gasteiger partial charge is 0.493 e. The zero-order chi connectivity index (χ0) is 30.7. The van der Waals surface area contributed by atoms with E-state index in [1.807, 2.05) is 18.2 Å². The summed E-state index contributed by atoms with van der Waals surface area (Å²) >= 11 is 0. The number of hydrogen-bond acceptors (Lipinski definition) is 10. The molecule has 0 radical (unpaired) electrons. The van der Waals surface area contributed by atoms with E-state index in [0.29, 0.717) is 69.6 Å². The Hall–Kier alpha value is -3.64. The normalized spacial score (nSPS) is 13.8. The Morgan fingerprint density at radius 1 is 1.09 bits per heavy atom. The van der Waals surface area contributed by atoms with Crippen LogP contribution in [-0.4, -0.2) is 72.3 Å². The first-order valence-electron chi connectivity index (χ1n) is 14.1. The van der Waals surface area contributed by atoms with Crippen molar-refractivity contribution in [1.29, 1.82) is 0 Å². The maximum absolute atomic E-state index is 14.1. The van der Waals surface area contributed by atoms with Crippen molar-refractivity contribution in [2.75, 3.05) is 34.6 Å². The summed E-state index contributed by atoms with van der Waals surface area (Å²) in [5.41, 5.74) is 1.19. The van der Waals surface area contributed by atoms with Crippen molar-refractivity contribution in [3.8, 4) is 23.0 Å². The van der Waals surface area contributed by atoms with E-state index in [1.54, 1.807) is 57.5 Å². The van der Waals surface area contributed by atoms with Crippen LogP contribution in [0.15, 0.2) is 40.2 Å². The summed E-state index contributed by atoms with van der Waals surface area (Å²) in [6, 6.07) is 7.20. The van der Waals surface area contributed by atoms with Gasteiger partial charge < -0.3 is 28.4 Å². The molecule has 0 N–H and O–H groups in total. The van der Waals surface area contributed by atoms with Crippen LogP contribution in [0, 0.1) is 0 Å². The molecule has 0 saturated carbocycles. The number of hydrogen-bond donors (Lipinski definition) is 0. The summed E-state index contributed by atoms with van der Waals surface area (Å²) in [6.07, 6.45) is 3.86. The molecule has 3 heterocycles. The molecule has 4 aromatic rings. The Morgan fingerprint density at radius 3 is 2.47 bits per heavy atom. The molecule has 10 nitrogen and oxygen atoms in total. The van der Waals surface area contributed by atoms with Crippen LogP contribution in [0.2, 0.25) is 0 Å². The van der Waals surface area contributed by atoms with Crippen molar-refractivity contribution in [1.82, 2.24) is 14.5 Å². The predicted octanol–water partition coefficient (Wildman–Crippen LogP) is 5.89. The zero-order valence-electron chi connectivity index (χ0n) is 25.0. The minimum Gasteiger partial charge on any atom is -0.493 e. The number of pyridine rings is 2. The number of aliphatic imine (C=N–C) groups is 1.